The van der Waals surface area contributed by atoms with Crippen LogP contribution in [0.3, 0.4) is 0 Å². The number of piperidine rings is 1. The molecule has 29 heavy (non-hydrogen) atoms. The molecule has 1 aliphatic heterocycles. The quantitative estimate of drug-likeness (QED) is 0.508. The lowest BCUT2D eigenvalue weighted by atomic mass is 9.92. The first kappa shape index (κ1) is 19.2. The summed E-state index contributed by atoms with van der Waals surface area (Å²) in [6, 6.07) is 14.2. The zero-order chi connectivity index (χ0) is 20.5. The predicted octanol–water partition coefficient (Wildman–Crippen LogP) is 4.54. The minimum atomic E-state index is -0.483. The number of nitrogens with zero attached hydrogens (tertiary/aromatic N) is 3. The molecular formula is C23H25FN4O. The molecule has 150 valence electrons. The number of aromatic nitrogens is 2. The van der Waals surface area contributed by atoms with Crippen molar-refractivity contribution < 1.29 is 9.50 Å². The van der Waals surface area contributed by atoms with Crippen LogP contribution in [0.15, 0.2) is 48.5 Å². The standard InChI is InChI=1S/C23H25FN4O/c1-15-5-3-4-6-21(15)28-22(13-16(2)26-28)17-9-11-27(12-10-17)23(25)19-14-18(29)7-8-20(19)24/h3-8,13-14,17,25,29H,9-12H2,1-2H3. The predicted molar refractivity (Wildman–Crippen MR) is 111 cm³/mol. The highest BCUT2D eigenvalue weighted by Crippen LogP contribution is 2.32. The number of rotatable bonds is 3. The van der Waals surface area contributed by atoms with Gasteiger partial charge in [0.1, 0.15) is 17.4 Å². The molecule has 1 fully saturated rings. The molecule has 0 amide bonds. The molecule has 1 saturated heterocycles. The van der Waals surface area contributed by atoms with Crippen molar-refractivity contribution in [2.75, 3.05) is 13.1 Å². The van der Waals surface area contributed by atoms with E-state index in [-0.39, 0.29) is 17.1 Å². The fourth-order valence-electron chi connectivity index (χ4n) is 4.07. The van der Waals surface area contributed by atoms with Gasteiger partial charge in [0.15, 0.2) is 0 Å². The molecule has 0 saturated carbocycles. The molecule has 0 bridgehead atoms. The molecule has 3 aromatic rings. The number of aromatic hydroxyl groups is 1. The first-order chi connectivity index (χ1) is 13.9. The Morgan fingerprint density at radius 1 is 1.10 bits per heavy atom. The number of hydrogen-bond donors (Lipinski definition) is 2. The van der Waals surface area contributed by atoms with E-state index in [9.17, 15) is 9.50 Å². The van der Waals surface area contributed by atoms with Crippen LogP contribution in [0.5, 0.6) is 5.75 Å². The molecule has 1 aliphatic rings. The van der Waals surface area contributed by atoms with Crippen molar-refractivity contribution in [1.29, 1.82) is 5.41 Å². The largest absolute Gasteiger partial charge is 0.508 e. The van der Waals surface area contributed by atoms with Crippen LogP contribution < -0.4 is 0 Å². The van der Waals surface area contributed by atoms with Crippen LogP contribution in [0, 0.1) is 25.1 Å². The number of para-hydroxylation sites is 1. The average Bonchev–Trinajstić information content (AvgIpc) is 3.11. The Balaban J connectivity index is 1.53. The van der Waals surface area contributed by atoms with Gasteiger partial charge in [0.2, 0.25) is 0 Å². The summed E-state index contributed by atoms with van der Waals surface area (Å²) >= 11 is 0. The van der Waals surface area contributed by atoms with Gasteiger partial charge in [0.05, 0.1) is 16.9 Å². The van der Waals surface area contributed by atoms with E-state index in [1.165, 1.54) is 29.5 Å². The van der Waals surface area contributed by atoms with Crippen LogP contribution in [-0.2, 0) is 0 Å². The minimum Gasteiger partial charge on any atom is -0.508 e. The molecule has 6 heteroatoms. The van der Waals surface area contributed by atoms with Gasteiger partial charge in [-0.3, -0.25) is 5.41 Å². The number of amidine groups is 1. The fraction of sp³-hybridized carbons (Fsp3) is 0.304. The number of benzene rings is 2. The topological polar surface area (TPSA) is 65.1 Å². The van der Waals surface area contributed by atoms with E-state index in [0.29, 0.717) is 19.0 Å². The van der Waals surface area contributed by atoms with Crippen LogP contribution >= 0.6 is 0 Å². The summed E-state index contributed by atoms with van der Waals surface area (Å²) in [6.45, 7) is 5.42. The molecule has 2 N–H and O–H groups in total. The molecule has 0 radical (unpaired) electrons. The first-order valence-corrected chi connectivity index (χ1v) is 9.89. The normalized spacial score (nSPS) is 14.9. The van der Waals surface area contributed by atoms with Crippen LogP contribution in [0.2, 0.25) is 0 Å². The van der Waals surface area contributed by atoms with E-state index in [1.807, 2.05) is 28.6 Å². The highest BCUT2D eigenvalue weighted by molar-refractivity contribution is 5.97. The summed E-state index contributed by atoms with van der Waals surface area (Å²) in [4.78, 5) is 1.88. The molecule has 2 aromatic carbocycles. The second-order valence-corrected chi connectivity index (χ2v) is 7.68. The summed E-state index contributed by atoms with van der Waals surface area (Å²) in [5.74, 6) is -0.0591. The fourth-order valence-corrected chi connectivity index (χ4v) is 4.07. The minimum absolute atomic E-state index is 0.0290. The van der Waals surface area contributed by atoms with Gasteiger partial charge in [-0.15, -0.1) is 0 Å². The van der Waals surface area contributed by atoms with Crippen molar-refractivity contribution in [3.8, 4) is 11.4 Å². The molecule has 2 heterocycles. The molecule has 4 rings (SSSR count). The maximum atomic E-state index is 14.1. The second-order valence-electron chi connectivity index (χ2n) is 7.68. The van der Waals surface area contributed by atoms with Crippen molar-refractivity contribution in [3.63, 3.8) is 0 Å². The van der Waals surface area contributed by atoms with Crippen molar-refractivity contribution in [1.82, 2.24) is 14.7 Å². The van der Waals surface area contributed by atoms with Crippen molar-refractivity contribution in [3.05, 3.63) is 76.9 Å². The lowest BCUT2D eigenvalue weighted by molar-refractivity contribution is 0.306. The van der Waals surface area contributed by atoms with Crippen molar-refractivity contribution >= 4 is 5.84 Å². The number of hydrogen-bond acceptors (Lipinski definition) is 3. The molecule has 0 atom stereocenters. The highest BCUT2D eigenvalue weighted by Gasteiger charge is 2.27. The lowest BCUT2D eigenvalue weighted by Crippen LogP contribution is -2.38. The Labute approximate surface area is 169 Å². The maximum absolute atomic E-state index is 14.1. The molecular weight excluding hydrogens is 367 g/mol. The average molecular weight is 392 g/mol. The van der Waals surface area contributed by atoms with Crippen molar-refractivity contribution in [2.45, 2.75) is 32.6 Å². The van der Waals surface area contributed by atoms with Crippen LogP contribution in [-0.4, -0.2) is 38.7 Å². The Hall–Kier alpha value is -3.15. The van der Waals surface area contributed by atoms with E-state index < -0.39 is 5.82 Å². The van der Waals surface area contributed by atoms with E-state index in [1.54, 1.807) is 0 Å². The molecule has 5 nitrogen and oxygen atoms in total. The maximum Gasteiger partial charge on any atom is 0.134 e. The highest BCUT2D eigenvalue weighted by atomic mass is 19.1. The van der Waals surface area contributed by atoms with E-state index in [0.717, 1.165) is 24.2 Å². The van der Waals surface area contributed by atoms with Crippen LogP contribution in [0.25, 0.3) is 5.69 Å². The number of nitrogens with one attached hydrogen (secondary N) is 1. The van der Waals surface area contributed by atoms with Gasteiger partial charge in [-0.05, 0) is 62.6 Å². The van der Waals surface area contributed by atoms with Crippen molar-refractivity contribution in [2.24, 2.45) is 0 Å². The molecule has 0 spiro atoms. The number of phenolic OH excluding ortho intramolecular Hbond substituents is 1. The van der Waals surface area contributed by atoms with Crippen LogP contribution in [0.4, 0.5) is 4.39 Å². The molecule has 0 unspecified atom stereocenters. The van der Waals surface area contributed by atoms with Gasteiger partial charge in [-0.2, -0.15) is 5.10 Å². The zero-order valence-electron chi connectivity index (χ0n) is 16.7. The van der Waals surface area contributed by atoms with E-state index in [2.05, 4.69) is 25.1 Å². The second kappa shape index (κ2) is 7.70. The molecule has 0 aliphatic carbocycles. The summed E-state index contributed by atoms with van der Waals surface area (Å²) in [5, 5.41) is 22.8. The van der Waals surface area contributed by atoms with E-state index in [4.69, 9.17) is 10.5 Å². The van der Waals surface area contributed by atoms with Gasteiger partial charge >= 0.3 is 0 Å². The third-order valence-corrected chi connectivity index (χ3v) is 5.64. The summed E-state index contributed by atoms with van der Waals surface area (Å²) in [5.41, 5.74) is 4.58. The SMILES string of the molecule is Cc1cc(C2CCN(C(=N)c3cc(O)ccc3F)CC2)n(-c2ccccc2C)n1. The Kier molecular flexibility index (Phi) is 5.09. The third-order valence-electron chi connectivity index (χ3n) is 5.64. The van der Waals surface area contributed by atoms with Gasteiger partial charge in [0.25, 0.3) is 0 Å². The third kappa shape index (κ3) is 3.75. The number of phenols is 1. The Morgan fingerprint density at radius 3 is 2.55 bits per heavy atom. The number of likely N-dealkylation sites (tertiary alicyclic amines) is 1. The Bertz CT molecular complexity index is 1050. The monoisotopic (exact) mass is 392 g/mol. The van der Waals surface area contributed by atoms with Gasteiger partial charge < -0.3 is 10.0 Å². The lowest BCUT2D eigenvalue weighted by Gasteiger charge is -2.34. The summed E-state index contributed by atoms with van der Waals surface area (Å²) in [6.07, 6.45) is 1.72. The first-order valence-electron chi connectivity index (χ1n) is 9.89. The van der Waals surface area contributed by atoms with Gasteiger partial charge in [-0.1, -0.05) is 18.2 Å². The van der Waals surface area contributed by atoms with E-state index >= 15 is 0 Å². The van der Waals surface area contributed by atoms with Crippen LogP contribution in [0.1, 0.15) is 41.3 Å². The molecule has 1 aromatic heterocycles. The Morgan fingerprint density at radius 2 is 1.83 bits per heavy atom. The van der Waals surface area contributed by atoms with Gasteiger partial charge in [-0.25, -0.2) is 9.07 Å². The van der Waals surface area contributed by atoms with Gasteiger partial charge in [0, 0.05) is 24.7 Å². The smallest absolute Gasteiger partial charge is 0.134 e. The number of aryl methyl sites for hydroxylation is 2. The summed E-state index contributed by atoms with van der Waals surface area (Å²) in [7, 11) is 0. The zero-order valence-corrected chi connectivity index (χ0v) is 16.7. The number of halogens is 1. The summed E-state index contributed by atoms with van der Waals surface area (Å²) < 4.78 is 16.2.